The van der Waals surface area contributed by atoms with Crippen LogP contribution >= 0.6 is 11.6 Å². The van der Waals surface area contributed by atoms with E-state index >= 15 is 4.39 Å². The van der Waals surface area contributed by atoms with Crippen LogP contribution in [0.25, 0.3) is 0 Å². The molecule has 0 bridgehead atoms. The van der Waals surface area contributed by atoms with Gasteiger partial charge in [0.25, 0.3) is 5.91 Å². The number of nitrogens with zero attached hydrogens (tertiary/aromatic N) is 3. The van der Waals surface area contributed by atoms with Gasteiger partial charge in [-0.3, -0.25) is 4.79 Å². The third kappa shape index (κ3) is 5.02. The van der Waals surface area contributed by atoms with Crippen molar-refractivity contribution in [2.75, 3.05) is 19.6 Å². The number of aryl methyl sites for hydroxylation is 1. The second-order valence-electron chi connectivity index (χ2n) is 5.72. The lowest BCUT2D eigenvalue weighted by Gasteiger charge is -2.36. The highest BCUT2D eigenvalue weighted by Gasteiger charge is 2.36. The molecule has 8 heteroatoms. The van der Waals surface area contributed by atoms with Crippen LogP contribution in [0, 0.1) is 5.82 Å². The second-order valence-corrected chi connectivity index (χ2v) is 6.13. The van der Waals surface area contributed by atoms with Crippen LogP contribution in [0.4, 0.5) is 8.78 Å². The molecule has 2 aromatic rings. The molecule has 1 aromatic heterocycles. The minimum atomic E-state index is -4.06. The number of hydrogen-bond donors (Lipinski definition) is 1. The second kappa shape index (κ2) is 8.92. The number of rotatable bonds is 6. The Labute approximate surface area is 182 Å². The minimum absolute atomic E-state index is 0.0193. The fraction of sp³-hybridized carbons (Fsp3) is 0.450. The zero-order valence-corrected chi connectivity index (χ0v) is 15.4. The largest absolute Gasteiger partial charge is 0.338 e. The number of carbonyl (C=O) groups is 1. The van der Waals surface area contributed by atoms with Crippen LogP contribution < -0.4 is 5.32 Å². The Morgan fingerprint density at radius 3 is 2.68 bits per heavy atom. The van der Waals surface area contributed by atoms with E-state index in [1.54, 1.807) is 5.32 Å². The maximum atomic E-state index is 16.5. The van der Waals surface area contributed by atoms with E-state index in [2.05, 4.69) is 9.97 Å². The predicted octanol–water partition coefficient (Wildman–Crippen LogP) is 3.57. The van der Waals surface area contributed by atoms with E-state index in [1.807, 2.05) is 0 Å². The fourth-order valence-electron chi connectivity index (χ4n) is 2.27. The molecular formula is C20H23ClF2N4O. The van der Waals surface area contributed by atoms with E-state index in [9.17, 15) is 9.18 Å². The third-order valence-electron chi connectivity index (χ3n) is 3.83. The summed E-state index contributed by atoms with van der Waals surface area (Å²) >= 11 is 5.68. The first-order valence-corrected chi connectivity index (χ1v) is 8.49. The predicted molar refractivity (Wildman–Crippen MR) is 104 cm³/mol. The van der Waals surface area contributed by atoms with E-state index in [-0.39, 0.29) is 11.1 Å². The third-order valence-corrected chi connectivity index (χ3v) is 4.12. The van der Waals surface area contributed by atoms with Crippen LogP contribution in [0.2, 0.25) is 5.02 Å². The van der Waals surface area contributed by atoms with Gasteiger partial charge in [0, 0.05) is 61.3 Å². The quantitative estimate of drug-likeness (QED) is 0.779. The van der Waals surface area contributed by atoms with E-state index < -0.39 is 73.4 Å². The van der Waals surface area contributed by atoms with Crippen LogP contribution in [0.3, 0.4) is 0 Å². The lowest BCUT2D eigenvalue weighted by Crippen LogP contribution is -2.48. The Morgan fingerprint density at radius 1 is 1.39 bits per heavy atom. The molecule has 1 amide bonds. The van der Waals surface area contributed by atoms with Crippen molar-refractivity contribution in [3.05, 3.63) is 58.4 Å². The number of halogens is 3. The molecule has 150 valence electrons. The summed E-state index contributed by atoms with van der Waals surface area (Å²) in [5.74, 6) is -2.58. The van der Waals surface area contributed by atoms with Gasteiger partial charge in [-0.1, -0.05) is 18.5 Å². The van der Waals surface area contributed by atoms with Crippen molar-refractivity contribution in [2.24, 2.45) is 0 Å². The van der Waals surface area contributed by atoms with Crippen molar-refractivity contribution in [3.63, 3.8) is 0 Å². The monoisotopic (exact) mass is 418 g/mol. The number of piperidine rings is 1. The molecule has 0 saturated carbocycles. The number of alkyl halides is 1. The van der Waals surface area contributed by atoms with Crippen molar-refractivity contribution < 1.29 is 27.3 Å². The van der Waals surface area contributed by atoms with Gasteiger partial charge in [0.2, 0.25) is 0 Å². The van der Waals surface area contributed by atoms with E-state index in [4.69, 9.17) is 25.3 Å². The number of aromatic nitrogens is 2. The maximum Gasteiger partial charge on any atom is 0.253 e. The molecule has 0 aliphatic carbocycles. The van der Waals surface area contributed by atoms with Gasteiger partial charge >= 0.3 is 0 Å². The first-order chi connectivity index (χ1) is 17.1. The number of hydrogen-bond acceptors (Lipinski definition) is 4. The molecule has 3 rings (SSSR count). The van der Waals surface area contributed by atoms with Gasteiger partial charge in [-0.2, -0.15) is 0 Å². The van der Waals surface area contributed by atoms with Crippen LogP contribution in [0.1, 0.15) is 55.1 Å². The highest BCUT2D eigenvalue weighted by Crippen LogP contribution is 2.27. The van der Waals surface area contributed by atoms with Crippen molar-refractivity contribution in [3.8, 4) is 0 Å². The average Bonchev–Trinajstić information content (AvgIpc) is 2.76. The van der Waals surface area contributed by atoms with Crippen molar-refractivity contribution in [2.45, 2.75) is 38.2 Å². The lowest BCUT2D eigenvalue weighted by atomic mass is 9.92. The van der Waals surface area contributed by atoms with Gasteiger partial charge in [-0.05, 0) is 30.1 Å². The van der Waals surface area contributed by atoms with Crippen LogP contribution in [-0.2, 0) is 12.9 Å². The highest BCUT2D eigenvalue weighted by atomic mass is 35.5. The molecule has 2 heterocycles. The summed E-state index contributed by atoms with van der Waals surface area (Å²) in [6.45, 7) is -7.85. The zero-order valence-electron chi connectivity index (χ0n) is 24.7. The van der Waals surface area contributed by atoms with Gasteiger partial charge in [-0.25, -0.2) is 18.7 Å². The first kappa shape index (κ1) is 11.2. The summed E-state index contributed by atoms with van der Waals surface area (Å²) in [7, 11) is 0. The Hall–Kier alpha value is -2.12. The van der Waals surface area contributed by atoms with Gasteiger partial charge in [-0.15, -0.1) is 0 Å². The molecule has 1 N–H and O–H groups in total. The zero-order chi connectivity index (χ0) is 29.1. The smallest absolute Gasteiger partial charge is 0.253 e. The van der Waals surface area contributed by atoms with E-state index in [0.29, 0.717) is 4.90 Å². The topological polar surface area (TPSA) is 58.1 Å². The average molecular weight is 419 g/mol. The summed E-state index contributed by atoms with van der Waals surface area (Å²) in [5.41, 5.74) is -4.31. The molecule has 5 nitrogen and oxygen atoms in total. The molecular weight excluding hydrogens is 386 g/mol. The van der Waals surface area contributed by atoms with E-state index in [1.165, 1.54) is 6.92 Å². The molecule has 1 aliphatic heterocycles. The summed E-state index contributed by atoms with van der Waals surface area (Å²) in [6, 6.07) is 2.83. The standard InChI is InChI=1S/C20H23ClF2N4O/c1-2-14-10-25-18(26-11-14)12-24-13-20(23)5-7-27(8-6-20)19(28)15-3-4-17(22)16(21)9-15/h3-4,9-11,24H,2,5-8,12-13H2,1H3/i2D2,5D2,6D2,12D2,13D2. The van der Waals surface area contributed by atoms with Crippen LogP contribution in [0.5, 0.6) is 0 Å². The Morgan fingerprint density at radius 2 is 2.07 bits per heavy atom. The fourth-order valence-corrected chi connectivity index (χ4v) is 2.45. The van der Waals surface area contributed by atoms with E-state index in [0.717, 1.165) is 30.6 Å². The molecule has 1 aromatic carbocycles. The Balaban J connectivity index is 1.93. The molecule has 1 aliphatic rings. The van der Waals surface area contributed by atoms with Crippen molar-refractivity contribution in [1.82, 2.24) is 20.2 Å². The molecule has 28 heavy (non-hydrogen) atoms. The van der Waals surface area contributed by atoms with Gasteiger partial charge in [0.15, 0.2) is 0 Å². The minimum Gasteiger partial charge on any atom is -0.338 e. The highest BCUT2D eigenvalue weighted by molar-refractivity contribution is 6.31. The summed E-state index contributed by atoms with van der Waals surface area (Å²) < 4.78 is 111. The lowest BCUT2D eigenvalue weighted by molar-refractivity contribution is 0.0434. The summed E-state index contributed by atoms with van der Waals surface area (Å²) in [5, 5.41) is 1.22. The number of benzene rings is 1. The molecule has 0 spiro atoms. The van der Waals surface area contributed by atoms with Crippen molar-refractivity contribution in [1.29, 1.82) is 0 Å². The number of amides is 1. The Bertz CT molecular complexity index is 1210. The maximum absolute atomic E-state index is 16.5. The normalized spacial score (nSPS) is 26.6. The number of likely N-dealkylation sites (tertiary alicyclic amines) is 1. The molecule has 0 unspecified atom stereocenters. The number of carbonyl (C=O) groups excluding carboxylic acids is 1. The van der Waals surface area contributed by atoms with Crippen LogP contribution in [-0.4, -0.2) is 46.0 Å². The van der Waals surface area contributed by atoms with Crippen LogP contribution in [0.15, 0.2) is 30.6 Å². The molecule has 0 radical (unpaired) electrons. The molecule has 1 saturated heterocycles. The molecule has 0 atom stereocenters. The SMILES string of the molecule is [2H]C([2H])(C)c1cnc(C([2H])([2H])NC([2H])([2H])C2(F)C([2H])([2H])CN(C(=O)c3ccc(F)c(Cl)c3)CC2([2H])[2H])nc1. The summed E-state index contributed by atoms with van der Waals surface area (Å²) in [6.07, 6.45) is -6.79. The van der Waals surface area contributed by atoms with Gasteiger partial charge < -0.3 is 10.2 Å². The molecule has 1 fully saturated rings. The van der Waals surface area contributed by atoms with Gasteiger partial charge in [0.05, 0.1) is 14.3 Å². The Kier molecular flexibility index (Phi) is 3.56. The summed E-state index contributed by atoms with van der Waals surface area (Å²) in [4.78, 5) is 20.8. The first-order valence-electron chi connectivity index (χ1n) is 13.1. The van der Waals surface area contributed by atoms with Gasteiger partial charge in [0.1, 0.15) is 17.3 Å². The van der Waals surface area contributed by atoms with Crippen molar-refractivity contribution >= 4 is 17.5 Å². The number of nitrogens with one attached hydrogen (secondary N) is 1.